The second-order valence-electron chi connectivity index (χ2n) is 5.68. The van der Waals surface area contributed by atoms with E-state index in [0.29, 0.717) is 5.92 Å². The second-order valence-corrected chi connectivity index (χ2v) is 6.53. The van der Waals surface area contributed by atoms with Gasteiger partial charge in [-0.2, -0.15) is 0 Å². The van der Waals surface area contributed by atoms with Crippen molar-refractivity contribution in [1.29, 1.82) is 0 Å². The molecule has 0 aliphatic carbocycles. The largest absolute Gasteiger partial charge is 0.496 e. The molecular weight excluding hydrogens is 348 g/mol. The van der Waals surface area contributed by atoms with Crippen molar-refractivity contribution < 1.29 is 14.3 Å². The molecular formula is C16H23BrN2O3. The van der Waals surface area contributed by atoms with Gasteiger partial charge in [0.1, 0.15) is 5.75 Å². The summed E-state index contributed by atoms with van der Waals surface area (Å²) in [5.74, 6) is 1.22. The van der Waals surface area contributed by atoms with Crippen molar-refractivity contribution in [2.75, 3.05) is 33.9 Å². The van der Waals surface area contributed by atoms with Gasteiger partial charge in [0.2, 0.25) is 0 Å². The van der Waals surface area contributed by atoms with E-state index in [9.17, 15) is 4.79 Å². The van der Waals surface area contributed by atoms with Crippen LogP contribution >= 0.6 is 15.9 Å². The highest BCUT2D eigenvalue weighted by atomic mass is 79.9. The molecule has 1 aromatic rings. The Balaban J connectivity index is 1.91. The number of hydrogen-bond acceptors (Lipinski definition) is 3. The number of amides is 2. The predicted molar refractivity (Wildman–Crippen MR) is 89.2 cm³/mol. The molecule has 1 fully saturated rings. The summed E-state index contributed by atoms with van der Waals surface area (Å²) in [5.41, 5.74) is 1.03. The van der Waals surface area contributed by atoms with E-state index in [1.54, 1.807) is 12.0 Å². The summed E-state index contributed by atoms with van der Waals surface area (Å²) in [4.78, 5) is 14.0. The smallest absolute Gasteiger partial charge is 0.317 e. The molecule has 0 spiro atoms. The van der Waals surface area contributed by atoms with E-state index in [0.717, 1.165) is 42.0 Å². The zero-order valence-corrected chi connectivity index (χ0v) is 14.9. The van der Waals surface area contributed by atoms with E-state index in [1.807, 2.05) is 32.2 Å². The normalized spacial score (nSPS) is 18.8. The van der Waals surface area contributed by atoms with E-state index in [1.165, 1.54) is 0 Å². The van der Waals surface area contributed by atoms with Crippen molar-refractivity contribution in [3.05, 3.63) is 28.2 Å². The van der Waals surface area contributed by atoms with E-state index in [4.69, 9.17) is 9.47 Å². The zero-order chi connectivity index (χ0) is 16.1. The van der Waals surface area contributed by atoms with E-state index in [-0.39, 0.29) is 12.1 Å². The zero-order valence-electron chi connectivity index (χ0n) is 13.3. The highest BCUT2D eigenvalue weighted by Gasteiger charge is 2.21. The van der Waals surface area contributed by atoms with E-state index < -0.39 is 0 Å². The first-order chi connectivity index (χ1) is 10.5. The van der Waals surface area contributed by atoms with Crippen LogP contribution in [0.4, 0.5) is 4.79 Å². The number of carbonyl (C=O) groups excluding carboxylic acids is 1. The molecule has 1 N–H and O–H groups in total. The lowest BCUT2D eigenvalue weighted by Gasteiger charge is -2.24. The van der Waals surface area contributed by atoms with Crippen molar-refractivity contribution in [2.45, 2.75) is 19.4 Å². The molecule has 1 aliphatic heterocycles. The minimum atomic E-state index is -0.0722. The number of halogens is 1. The van der Waals surface area contributed by atoms with Gasteiger partial charge in [-0.25, -0.2) is 4.79 Å². The van der Waals surface area contributed by atoms with Gasteiger partial charge in [0, 0.05) is 26.1 Å². The number of hydrogen-bond donors (Lipinski definition) is 1. The van der Waals surface area contributed by atoms with Gasteiger partial charge in [0.05, 0.1) is 24.2 Å². The Morgan fingerprint density at radius 2 is 2.36 bits per heavy atom. The molecule has 1 aromatic carbocycles. The fourth-order valence-corrected chi connectivity index (χ4v) is 3.09. The van der Waals surface area contributed by atoms with E-state index >= 15 is 0 Å². The number of methoxy groups -OCH3 is 1. The summed E-state index contributed by atoms with van der Waals surface area (Å²) in [5, 5.41) is 3.02. The molecule has 0 saturated carbocycles. The number of carbonyl (C=O) groups is 1. The summed E-state index contributed by atoms with van der Waals surface area (Å²) < 4.78 is 11.4. The van der Waals surface area contributed by atoms with Crippen LogP contribution < -0.4 is 10.1 Å². The van der Waals surface area contributed by atoms with Crippen molar-refractivity contribution in [3.63, 3.8) is 0 Å². The van der Waals surface area contributed by atoms with Gasteiger partial charge in [-0.3, -0.25) is 0 Å². The molecule has 1 aliphatic rings. The molecule has 122 valence electrons. The average Bonchev–Trinajstić information content (AvgIpc) is 2.99. The van der Waals surface area contributed by atoms with Gasteiger partial charge in [0.15, 0.2) is 0 Å². The highest BCUT2D eigenvalue weighted by molar-refractivity contribution is 9.10. The van der Waals surface area contributed by atoms with Crippen molar-refractivity contribution in [1.82, 2.24) is 10.2 Å². The van der Waals surface area contributed by atoms with Crippen molar-refractivity contribution in [3.8, 4) is 5.75 Å². The number of rotatable bonds is 5. The fraction of sp³-hybridized carbons (Fsp3) is 0.562. The summed E-state index contributed by atoms with van der Waals surface area (Å²) in [7, 11) is 3.46. The van der Waals surface area contributed by atoms with Crippen LogP contribution in [0.25, 0.3) is 0 Å². The molecule has 2 amide bonds. The molecule has 1 heterocycles. The number of ether oxygens (including phenoxy) is 2. The Morgan fingerprint density at radius 3 is 2.95 bits per heavy atom. The van der Waals surface area contributed by atoms with Gasteiger partial charge < -0.3 is 19.7 Å². The topological polar surface area (TPSA) is 50.8 Å². The SMILES string of the molecule is COc1ccc(C(C)NC(=O)N(C)CC2CCOC2)cc1Br. The lowest BCUT2D eigenvalue weighted by atomic mass is 10.1. The maximum Gasteiger partial charge on any atom is 0.317 e. The standard InChI is InChI=1S/C16H23BrN2O3/c1-11(13-4-5-15(21-3)14(17)8-13)18-16(20)19(2)9-12-6-7-22-10-12/h4-5,8,11-12H,6-7,9-10H2,1-3H3,(H,18,20). The molecule has 1 saturated heterocycles. The number of nitrogens with one attached hydrogen (secondary N) is 1. The van der Waals surface area contributed by atoms with Gasteiger partial charge in [-0.1, -0.05) is 6.07 Å². The minimum absolute atomic E-state index is 0.0636. The van der Waals surface area contributed by atoms with Crippen LogP contribution in [0, 0.1) is 5.92 Å². The predicted octanol–water partition coefficient (Wildman–Crippen LogP) is 3.20. The number of urea groups is 1. The monoisotopic (exact) mass is 370 g/mol. The van der Waals surface area contributed by atoms with Crippen LogP contribution in [0.2, 0.25) is 0 Å². The first kappa shape index (κ1) is 17.1. The third-order valence-electron chi connectivity index (χ3n) is 3.92. The summed E-state index contributed by atoms with van der Waals surface area (Å²) in [6.07, 6.45) is 1.03. The summed E-state index contributed by atoms with van der Waals surface area (Å²) >= 11 is 3.47. The molecule has 2 atom stereocenters. The quantitative estimate of drug-likeness (QED) is 0.865. The van der Waals surface area contributed by atoms with Crippen LogP contribution in [0.3, 0.4) is 0 Å². The number of nitrogens with zero attached hydrogens (tertiary/aromatic N) is 1. The summed E-state index contributed by atoms with van der Waals surface area (Å²) in [6, 6.07) is 5.68. The maximum absolute atomic E-state index is 12.3. The Kier molecular flexibility index (Phi) is 6.08. The third kappa shape index (κ3) is 4.36. The van der Waals surface area contributed by atoms with E-state index in [2.05, 4.69) is 21.2 Å². The first-order valence-electron chi connectivity index (χ1n) is 7.44. The molecule has 5 nitrogen and oxygen atoms in total. The van der Waals surface area contributed by atoms with Crippen LogP contribution in [-0.4, -0.2) is 44.8 Å². The van der Waals surface area contributed by atoms with Crippen LogP contribution in [0.5, 0.6) is 5.75 Å². The lowest BCUT2D eigenvalue weighted by molar-refractivity contribution is 0.170. The molecule has 2 unspecified atom stereocenters. The van der Waals surface area contributed by atoms with Gasteiger partial charge in [0.25, 0.3) is 0 Å². The molecule has 2 rings (SSSR count). The summed E-state index contributed by atoms with van der Waals surface area (Å²) in [6.45, 7) is 4.25. The van der Waals surface area contributed by atoms with Crippen molar-refractivity contribution in [2.24, 2.45) is 5.92 Å². The first-order valence-corrected chi connectivity index (χ1v) is 8.23. The second kappa shape index (κ2) is 7.83. The minimum Gasteiger partial charge on any atom is -0.496 e. The Morgan fingerprint density at radius 1 is 1.59 bits per heavy atom. The van der Waals surface area contributed by atoms with Crippen LogP contribution in [0.15, 0.2) is 22.7 Å². The Labute approximate surface area is 140 Å². The fourth-order valence-electron chi connectivity index (χ4n) is 2.53. The lowest BCUT2D eigenvalue weighted by Crippen LogP contribution is -2.41. The van der Waals surface area contributed by atoms with Gasteiger partial charge in [-0.15, -0.1) is 0 Å². The molecule has 22 heavy (non-hydrogen) atoms. The van der Waals surface area contributed by atoms with Crippen LogP contribution in [0.1, 0.15) is 24.9 Å². The van der Waals surface area contributed by atoms with Crippen molar-refractivity contribution >= 4 is 22.0 Å². The Bertz CT molecular complexity index is 518. The molecule has 0 aromatic heterocycles. The third-order valence-corrected chi connectivity index (χ3v) is 4.54. The molecule has 6 heteroatoms. The number of benzene rings is 1. The highest BCUT2D eigenvalue weighted by Crippen LogP contribution is 2.28. The average molecular weight is 371 g/mol. The maximum atomic E-state index is 12.3. The van der Waals surface area contributed by atoms with Gasteiger partial charge >= 0.3 is 6.03 Å². The molecule has 0 radical (unpaired) electrons. The molecule has 0 bridgehead atoms. The van der Waals surface area contributed by atoms with Crippen LogP contribution in [-0.2, 0) is 4.74 Å². The van der Waals surface area contributed by atoms with Gasteiger partial charge in [-0.05, 0) is 47.0 Å². The Hall–Kier alpha value is -1.27.